The molecule has 0 saturated carbocycles. The van der Waals surface area contributed by atoms with Crippen LogP contribution in [0.3, 0.4) is 0 Å². The van der Waals surface area contributed by atoms with Gasteiger partial charge in [0.1, 0.15) is 10.8 Å². The average Bonchev–Trinajstić information content (AvgIpc) is 3.04. The van der Waals surface area contributed by atoms with Crippen LogP contribution in [-0.2, 0) is 9.53 Å². The molecule has 7 heteroatoms. The van der Waals surface area contributed by atoms with Gasteiger partial charge in [0, 0.05) is 17.1 Å². The van der Waals surface area contributed by atoms with Crippen LogP contribution in [0.25, 0.3) is 0 Å². The molecule has 0 spiro atoms. The van der Waals surface area contributed by atoms with E-state index in [-0.39, 0.29) is 5.91 Å². The minimum absolute atomic E-state index is 0.121. The number of benzene rings is 1. The molecule has 1 N–H and O–H groups in total. The van der Waals surface area contributed by atoms with Gasteiger partial charge in [-0.25, -0.2) is 4.79 Å². The quantitative estimate of drug-likeness (QED) is 0.565. The number of esters is 1. The van der Waals surface area contributed by atoms with Crippen LogP contribution in [0.5, 0.6) is 5.75 Å². The highest BCUT2D eigenvalue weighted by atomic mass is 32.2. The van der Waals surface area contributed by atoms with E-state index in [0.717, 1.165) is 10.6 Å². The summed E-state index contributed by atoms with van der Waals surface area (Å²) < 4.78 is 10.1. The van der Waals surface area contributed by atoms with Gasteiger partial charge in [-0.15, -0.1) is 23.1 Å². The normalized spacial score (nSPS) is 10.2. The number of hydrogen-bond acceptors (Lipinski definition) is 6. The number of amides is 1. The maximum atomic E-state index is 12.0. The van der Waals surface area contributed by atoms with Gasteiger partial charge >= 0.3 is 5.97 Å². The molecule has 2 aromatic rings. The average molecular weight is 365 g/mol. The second-order valence-corrected chi connectivity index (χ2v) is 6.79. The Morgan fingerprint density at radius 2 is 1.96 bits per heavy atom. The van der Waals surface area contributed by atoms with E-state index >= 15 is 0 Å². The molecule has 0 aliphatic rings. The first-order chi connectivity index (χ1) is 11.6. The highest BCUT2D eigenvalue weighted by molar-refractivity contribution is 7.99. The van der Waals surface area contributed by atoms with Gasteiger partial charge in [-0.3, -0.25) is 4.79 Å². The van der Waals surface area contributed by atoms with Crippen molar-refractivity contribution < 1.29 is 19.1 Å². The summed E-state index contributed by atoms with van der Waals surface area (Å²) in [6.07, 6.45) is 0.358. The lowest BCUT2D eigenvalue weighted by molar-refractivity contribution is -0.115. The van der Waals surface area contributed by atoms with E-state index in [2.05, 4.69) is 5.32 Å². The van der Waals surface area contributed by atoms with Gasteiger partial charge in [-0.2, -0.15) is 0 Å². The molecule has 0 atom stereocenters. The lowest BCUT2D eigenvalue weighted by atomic mass is 10.3. The maximum absolute atomic E-state index is 12.0. The van der Waals surface area contributed by atoms with Gasteiger partial charge in [0.2, 0.25) is 5.91 Å². The first-order valence-electron chi connectivity index (χ1n) is 7.45. The van der Waals surface area contributed by atoms with Crippen LogP contribution in [-0.4, -0.2) is 31.3 Å². The summed E-state index contributed by atoms with van der Waals surface area (Å²) in [6.45, 7) is 2.06. The van der Waals surface area contributed by atoms with Crippen molar-refractivity contribution in [3.8, 4) is 5.75 Å². The van der Waals surface area contributed by atoms with Crippen LogP contribution < -0.4 is 10.1 Å². The van der Waals surface area contributed by atoms with Crippen molar-refractivity contribution in [2.75, 3.05) is 24.8 Å². The van der Waals surface area contributed by atoms with Crippen LogP contribution >= 0.6 is 23.1 Å². The molecular formula is C17H19NO4S2. The highest BCUT2D eigenvalue weighted by Gasteiger charge is 2.15. The number of anilines is 1. The van der Waals surface area contributed by atoms with Crippen LogP contribution in [0.15, 0.2) is 40.6 Å². The fourth-order valence-electron chi connectivity index (χ4n) is 1.90. The number of thiophene rings is 1. The molecule has 128 valence electrons. The first kappa shape index (κ1) is 18.4. The zero-order valence-corrected chi connectivity index (χ0v) is 15.2. The van der Waals surface area contributed by atoms with Crippen molar-refractivity contribution in [2.45, 2.75) is 18.2 Å². The van der Waals surface area contributed by atoms with E-state index in [9.17, 15) is 9.59 Å². The Kier molecular flexibility index (Phi) is 7.14. The molecule has 1 amide bonds. The number of carbonyl (C=O) groups is 2. The number of nitrogens with one attached hydrogen (secondary N) is 1. The Hall–Kier alpha value is -1.99. The number of rotatable bonds is 8. The third-order valence-corrected chi connectivity index (χ3v) is 4.91. The van der Waals surface area contributed by atoms with Crippen LogP contribution in [0.2, 0.25) is 0 Å². The van der Waals surface area contributed by atoms with E-state index in [4.69, 9.17) is 9.47 Å². The molecule has 2 rings (SSSR count). The molecule has 0 aliphatic carbocycles. The third kappa shape index (κ3) is 5.28. The number of ether oxygens (including phenoxy) is 2. The fraction of sp³-hybridized carbons (Fsp3) is 0.294. The minimum atomic E-state index is -0.415. The van der Waals surface area contributed by atoms with Crippen molar-refractivity contribution in [3.63, 3.8) is 0 Å². The second kappa shape index (κ2) is 9.34. The number of carbonyl (C=O) groups excluding carboxylic acids is 2. The lowest BCUT2D eigenvalue weighted by Gasteiger charge is -2.06. The van der Waals surface area contributed by atoms with E-state index in [1.807, 2.05) is 24.3 Å². The Morgan fingerprint density at radius 1 is 1.21 bits per heavy atom. The Balaban J connectivity index is 1.81. The first-order valence-corrected chi connectivity index (χ1v) is 9.32. The second-order valence-electron chi connectivity index (χ2n) is 4.71. The van der Waals surface area contributed by atoms with E-state index < -0.39 is 5.97 Å². The van der Waals surface area contributed by atoms with Gasteiger partial charge in [0.05, 0.1) is 19.3 Å². The topological polar surface area (TPSA) is 64.6 Å². The molecule has 0 saturated heterocycles. The SMILES string of the molecule is CCOC(=O)c1ccsc1NC(=O)CCSc1ccc(OC)cc1. The monoisotopic (exact) mass is 365 g/mol. The molecule has 1 heterocycles. The summed E-state index contributed by atoms with van der Waals surface area (Å²) in [4.78, 5) is 24.9. The molecule has 24 heavy (non-hydrogen) atoms. The Labute approximate surface area is 149 Å². The van der Waals surface area contributed by atoms with Crippen molar-refractivity contribution in [1.82, 2.24) is 0 Å². The van der Waals surface area contributed by atoms with Crippen molar-refractivity contribution >= 4 is 40.0 Å². The van der Waals surface area contributed by atoms with Crippen LogP contribution in [0, 0.1) is 0 Å². The zero-order chi connectivity index (χ0) is 17.4. The summed E-state index contributed by atoms with van der Waals surface area (Å²) in [6, 6.07) is 9.35. The van der Waals surface area contributed by atoms with Gasteiger partial charge in [0.15, 0.2) is 0 Å². The molecule has 5 nitrogen and oxygen atoms in total. The summed E-state index contributed by atoms with van der Waals surface area (Å²) in [7, 11) is 1.63. The highest BCUT2D eigenvalue weighted by Crippen LogP contribution is 2.25. The van der Waals surface area contributed by atoms with E-state index in [1.165, 1.54) is 11.3 Å². The molecule has 0 radical (unpaired) electrons. The fourth-order valence-corrected chi connectivity index (χ4v) is 3.54. The number of thioether (sulfide) groups is 1. The number of methoxy groups -OCH3 is 1. The predicted octanol–water partition coefficient (Wildman–Crippen LogP) is 4.05. The lowest BCUT2D eigenvalue weighted by Crippen LogP contribution is -2.14. The van der Waals surface area contributed by atoms with E-state index in [0.29, 0.717) is 29.3 Å². The largest absolute Gasteiger partial charge is 0.497 e. The van der Waals surface area contributed by atoms with Crippen molar-refractivity contribution in [3.05, 3.63) is 41.3 Å². The molecule has 1 aromatic heterocycles. The number of hydrogen-bond donors (Lipinski definition) is 1. The van der Waals surface area contributed by atoms with Gasteiger partial charge in [-0.05, 0) is 42.6 Å². The van der Waals surface area contributed by atoms with Gasteiger partial charge in [-0.1, -0.05) is 0 Å². The molecule has 0 unspecified atom stereocenters. The third-order valence-electron chi connectivity index (χ3n) is 3.07. The maximum Gasteiger partial charge on any atom is 0.341 e. The van der Waals surface area contributed by atoms with Gasteiger partial charge < -0.3 is 14.8 Å². The van der Waals surface area contributed by atoms with Crippen LogP contribution in [0.1, 0.15) is 23.7 Å². The molecule has 0 bridgehead atoms. The minimum Gasteiger partial charge on any atom is -0.497 e. The van der Waals surface area contributed by atoms with E-state index in [1.54, 1.807) is 37.2 Å². The smallest absolute Gasteiger partial charge is 0.341 e. The summed E-state index contributed by atoms with van der Waals surface area (Å²) in [5, 5.41) is 5.07. The van der Waals surface area contributed by atoms with Gasteiger partial charge in [0.25, 0.3) is 0 Å². The molecule has 0 fully saturated rings. The standard InChI is InChI=1S/C17H19NO4S2/c1-3-22-17(20)14-8-10-24-16(14)18-15(19)9-11-23-13-6-4-12(21-2)5-7-13/h4-8,10H,3,9,11H2,1-2H3,(H,18,19). The Morgan fingerprint density at radius 3 is 2.62 bits per heavy atom. The van der Waals surface area contributed by atoms with Crippen molar-refractivity contribution in [1.29, 1.82) is 0 Å². The predicted molar refractivity (Wildman–Crippen MR) is 97.2 cm³/mol. The van der Waals surface area contributed by atoms with Crippen LogP contribution in [0.4, 0.5) is 5.00 Å². The molecular weight excluding hydrogens is 346 g/mol. The summed E-state index contributed by atoms with van der Waals surface area (Å²) >= 11 is 2.91. The summed E-state index contributed by atoms with van der Waals surface area (Å²) in [5.74, 6) is 0.921. The Bertz CT molecular complexity index is 682. The zero-order valence-electron chi connectivity index (χ0n) is 13.5. The summed E-state index contributed by atoms with van der Waals surface area (Å²) in [5.41, 5.74) is 0.401. The molecule has 1 aromatic carbocycles. The van der Waals surface area contributed by atoms with Crippen molar-refractivity contribution in [2.24, 2.45) is 0 Å². The molecule has 0 aliphatic heterocycles.